The first-order valence-electron chi connectivity index (χ1n) is 9.15. The lowest BCUT2D eigenvalue weighted by Gasteiger charge is -2.33. The molecule has 2 aromatic carbocycles. The number of nitrogens with one attached hydrogen (secondary N) is 1. The Balaban J connectivity index is 1.46. The minimum atomic E-state index is -0.235. The summed E-state index contributed by atoms with van der Waals surface area (Å²) in [6.07, 6.45) is 3.07. The summed E-state index contributed by atoms with van der Waals surface area (Å²) >= 11 is 0. The third-order valence-corrected chi connectivity index (χ3v) is 5.16. The summed E-state index contributed by atoms with van der Waals surface area (Å²) in [6.45, 7) is -0.110. The van der Waals surface area contributed by atoms with Crippen LogP contribution in [0.5, 0.6) is 11.5 Å². The molecule has 2 aromatic rings. The fourth-order valence-electron chi connectivity index (χ4n) is 3.74. The molecule has 0 saturated carbocycles. The number of amides is 2. The fraction of sp³-hybridized carbons (Fsp3) is 0.333. The van der Waals surface area contributed by atoms with Gasteiger partial charge in [-0.3, -0.25) is 9.59 Å². The Bertz CT molecular complexity index is 880. The largest absolute Gasteiger partial charge is 0.481 e. The molecular formula is C21H22N2O4. The summed E-state index contributed by atoms with van der Waals surface area (Å²) in [5, 5.41) is 2.74. The van der Waals surface area contributed by atoms with E-state index in [4.69, 9.17) is 9.47 Å². The highest BCUT2D eigenvalue weighted by Crippen LogP contribution is 2.37. The van der Waals surface area contributed by atoms with Crippen molar-refractivity contribution in [2.24, 2.45) is 0 Å². The fourth-order valence-corrected chi connectivity index (χ4v) is 3.74. The van der Waals surface area contributed by atoms with Crippen molar-refractivity contribution in [1.29, 1.82) is 0 Å². The molecule has 27 heavy (non-hydrogen) atoms. The molecule has 6 nitrogen and oxygen atoms in total. The number of hydrogen-bond donors (Lipinski definition) is 1. The number of benzene rings is 2. The van der Waals surface area contributed by atoms with Crippen molar-refractivity contribution < 1.29 is 19.1 Å². The quantitative estimate of drug-likeness (QED) is 0.903. The number of para-hydroxylation sites is 1. The maximum Gasteiger partial charge on any atom is 0.262 e. The van der Waals surface area contributed by atoms with Crippen LogP contribution in [0.2, 0.25) is 0 Å². The zero-order valence-electron chi connectivity index (χ0n) is 15.2. The Labute approximate surface area is 158 Å². The number of carbonyl (C=O) groups is 2. The monoisotopic (exact) mass is 366 g/mol. The predicted octanol–water partition coefficient (Wildman–Crippen LogP) is 2.93. The number of hydrogen-bond acceptors (Lipinski definition) is 4. The van der Waals surface area contributed by atoms with Gasteiger partial charge < -0.3 is 19.7 Å². The molecule has 1 aliphatic heterocycles. The number of likely N-dealkylation sites (N-methyl/N-ethyl adjacent to an activating group) is 1. The average Bonchev–Trinajstić information content (AvgIpc) is 2.71. The predicted molar refractivity (Wildman–Crippen MR) is 101 cm³/mol. The molecule has 0 fully saturated rings. The van der Waals surface area contributed by atoms with Crippen molar-refractivity contribution in [2.45, 2.75) is 25.3 Å². The number of carbonyl (C=O) groups excluding carboxylic acids is 2. The molecule has 1 heterocycles. The molecule has 2 aliphatic rings. The Morgan fingerprint density at radius 1 is 1.26 bits per heavy atom. The molecule has 0 radical (unpaired) electrons. The van der Waals surface area contributed by atoms with Crippen LogP contribution in [0.3, 0.4) is 0 Å². The Hall–Kier alpha value is -3.02. The van der Waals surface area contributed by atoms with E-state index in [0.717, 1.165) is 19.3 Å². The normalized spacial score (nSPS) is 17.8. The van der Waals surface area contributed by atoms with E-state index < -0.39 is 0 Å². The molecule has 1 aliphatic carbocycles. The topological polar surface area (TPSA) is 67.9 Å². The minimum Gasteiger partial charge on any atom is -0.481 e. The van der Waals surface area contributed by atoms with E-state index in [2.05, 4.69) is 17.4 Å². The van der Waals surface area contributed by atoms with Crippen molar-refractivity contribution in [3.8, 4) is 11.5 Å². The van der Waals surface area contributed by atoms with E-state index >= 15 is 0 Å². The van der Waals surface area contributed by atoms with Gasteiger partial charge in [-0.05, 0) is 42.5 Å². The van der Waals surface area contributed by atoms with Gasteiger partial charge in [-0.25, -0.2) is 0 Å². The lowest BCUT2D eigenvalue weighted by atomic mass is 9.87. The number of aryl methyl sites for hydroxylation is 1. The lowest BCUT2D eigenvalue weighted by molar-refractivity contribution is -0.134. The Kier molecular flexibility index (Phi) is 4.71. The molecule has 2 amide bonds. The van der Waals surface area contributed by atoms with Gasteiger partial charge in [0.1, 0.15) is 17.2 Å². The molecule has 1 unspecified atom stereocenters. The number of ether oxygens (including phenoxy) is 2. The summed E-state index contributed by atoms with van der Waals surface area (Å²) in [5.74, 6) is 0.652. The molecule has 1 N–H and O–H groups in total. The van der Waals surface area contributed by atoms with E-state index in [-0.39, 0.29) is 31.1 Å². The van der Waals surface area contributed by atoms with Gasteiger partial charge in [0.25, 0.3) is 11.8 Å². The van der Waals surface area contributed by atoms with E-state index in [1.165, 1.54) is 11.1 Å². The van der Waals surface area contributed by atoms with Crippen molar-refractivity contribution in [3.05, 3.63) is 53.6 Å². The van der Waals surface area contributed by atoms with Crippen LogP contribution >= 0.6 is 0 Å². The maximum absolute atomic E-state index is 12.7. The van der Waals surface area contributed by atoms with E-state index in [0.29, 0.717) is 17.2 Å². The highest BCUT2D eigenvalue weighted by Gasteiger charge is 2.27. The first kappa shape index (κ1) is 17.4. The summed E-state index contributed by atoms with van der Waals surface area (Å²) in [5.41, 5.74) is 3.01. The second-order valence-electron chi connectivity index (χ2n) is 6.87. The zero-order valence-corrected chi connectivity index (χ0v) is 15.2. The van der Waals surface area contributed by atoms with Gasteiger partial charge in [0.05, 0.1) is 6.04 Å². The van der Waals surface area contributed by atoms with E-state index in [1.807, 2.05) is 19.2 Å². The average molecular weight is 366 g/mol. The molecule has 6 heteroatoms. The second kappa shape index (κ2) is 7.31. The van der Waals surface area contributed by atoms with Crippen molar-refractivity contribution in [3.63, 3.8) is 0 Å². The van der Waals surface area contributed by atoms with E-state index in [9.17, 15) is 9.59 Å². The van der Waals surface area contributed by atoms with Gasteiger partial charge in [-0.2, -0.15) is 0 Å². The van der Waals surface area contributed by atoms with Gasteiger partial charge in [0.15, 0.2) is 13.2 Å². The van der Waals surface area contributed by atoms with Crippen molar-refractivity contribution in [2.75, 3.05) is 25.6 Å². The number of fused-ring (bicyclic) bond motifs is 2. The molecule has 0 saturated heterocycles. The van der Waals surface area contributed by atoms with Crippen LogP contribution < -0.4 is 14.8 Å². The molecule has 0 bridgehead atoms. The first-order valence-corrected chi connectivity index (χ1v) is 9.15. The maximum atomic E-state index is 12.7. The van der Waals surface area contributed by atoms with Crippen molar-refractivity contribution in [1.82, 2.24) is 4.90 Å². The smallest absolute Gasteiger partial charge is 0.262 e. The molecule has 140 valence electrons. The van der Waals surface area contributed by atoms with Gasteiger partial charge in [-0.1, -0.05) is 30.3 Å². The Morgan fingerprint density at radius 2 is 2.11 bits per heavy atom. The van der Waals surface area contributed by atoms with Crippen LogP contribution in [-0.4, -0.2) is 37.0 Å². The summed E-state index contributed by atoms with van der Waals surface area (Å²) in [7, 11) is 1.82. The number of nitrogens with zero attached hydrogens (tertiary/aromatic N) is 1. The number of rotatable bonds is 4. The minimum absolute atomic E-state index is 0.0147. The van der Waals surface area contributed by atoms with Crippen LogP contribution in [0.15, 0.2) is 42.5 Å². The van der Waals surface area contributed by atoms with Gasteiger partial charge in [-0.15, -0.1) is 0 Å². The van der Waals surface area contributed by atoms with Crippen molar-refractivity contribution >= 4 is 17.5 Å². The van der Waals surface area contributed by atoms with Gasteiger partial charge in [0.2, 0.25) is 0 Å². The molecular weight excluding hydrogens is 344 g/mol. The van der Waals surface area contributed by atoms with Gasteiger partial charge >= 0.3 is 0 Å². The zero-order chi connectivity index (χ0) is 18.8. The second-order valence-corrected chi connectivity index (χ2v) is 6.87. The highest BCUT2D eigenvalue weighted by molar-refractivity contribution is 5.97. The molecule has 1 atom stereocenters. The third kappa shape index (κ3) is 3.47. The Morgan fingerprint density at radius 3 is 3.00 bits per heavy atom. The summed E-state index contributed by atoms with van der Waals surface area (Å²) in [6, 6.07) is 13.6. The number of anilines is 1. The van der Waals surface area contributed by atoms with Crippen LogP contribution in [0.4, 0.5) is 5.69 Å². The third-order valence-electron chi connectivity index (χ3n) is 5.16. The van der Waals surface area contributed by atoms with Crippen LogP contribution in [0.25, 0.3) is 0 Å². The van der Waals surface area contributed by atoms with E-state index in [1.54, 1.807) is 23.1 Å². The first-order chi connectivity index (χ1) is 13.1. The standard InChI is InChI=1S/C21H22N2O4/c1-23(16-9-4-7-14-6-2-3-8-15(14)16)20(25)13-27-18-11-5-10-17-21(18)22-19(24)12-26-17/h2-3,5-6,8,10-11,16H,4,7,9,12-13H2,1H3,(H,22,24). The lowest BCUT2D eigenvalue weighted by Crippen LogP contribution is -2.36. The molecule has 0 spiro atoms. The molecule has 0 aromatic heterocycles. The molecule has 4 rings (SSSR count). The SMILES string of the molecule is CN(C(=O)COc1cccc2c1NC(=O)CO2)C1CCCc2ccccc21. The van der Waals surface area contributed by atoms with Gasteiger partial charge in [0, 0.05) is 7.05 Å². The van der Waals surface area contributed by atoms with Crippen LogP contribution in [0.1, 0.15) is 30.0 Å². The van der Waals surface area contributed by atoms with Crippen LogP contribution in [-0.2, 0) is 16.0 Å². The summed E-state index contributed by atoms with van der Waals surface area (Å²) < 4.78 is 11.1. The summed E-state index contributed by atoms with van der Waals surface area (Å²) in [4.78, 5) is 26.1. The highest BCUT2D eigenvalue weighted by atomic mass is 16.5. The van der Waals surface area contributed by atoms with Crippen LogP contribution in [0, 0.1) is 0 Å².